The normalized spacial score (nSPS) is 12.6. The van der Waals surface area contributed by atoms with Crippen molar-refractivity contribution >= 4 is 21.6 Å². The monoisotopic (exact) mass is 298 g/mol. The molecule has 0 spiro atoms. The topological polar surface area (TPSA) is 40.6 Å². The molecule has 0 aromatic carbocycles. The number of halogens is 1. The van der Waals surface area contributed by atoms with Crippen molar-refractivity contribution in [2.45, 2.75) is 33.6 Å². The van der Waals surface area contributed by atoms with Gasteiger partial charge in [0.25, 0.3) is 0 Å². The summed E-state index contributed by atoms with van der Waals surface area (Å²) >= 11 is 5.55. The molecule has 0 unspecified atom stereocenters. The minimum absolute atomic E-state index is 0.162. The Labute approximate surface area is 117 Å². The SMILES string of the molecule is CCN(CC)CCCN(CC)S(=O)(=O)CCCCl. The maximum atomic E-state index is 12.0. The number of rotatable bonds is 11. The Bertz CT molecular complexity index is 292. The fourth-order valence-corrected chi connectivity index (χ4v) is 3.73. The van der Waals surface area contributed by atoms with Crippen LogP contribution in [-0.4, -0.2) is 62.0 Å². The van der Waals surface area contributed by atoms with Crippen LogP contribution in [-0.2, 0) is 10.0 Å². The van der Waals surface area contributed by atoms with Gasteiger partial charge in [0.1, 0.15) is 0 Å². The van der Waals surface area contributed by atoms with E-state index in [1.165, 1.54) is 0 Å². The van der Waals surface area contributed by atoms with Crippen LogP contribution in [0.5, 0.6) is 0 Å². The Morgan fingerprint density at radius 3 is 2.00 bits per heavy atom. The first-order valence-corrected chi connectivity index (χ1v) is 8.92. The smallest absolute Gasteiger partial charge is 0.214 e. The van der Waals surface area contributed by atoms with E-state index in [2.05, 4.69) is 18.7 Å². The minimum atomic E-state index is -3.12. The van der Waals surface area contributed by atoms with Gasteiger partial charge in [0.2, 0.25) is 10.0 Å². The summed E-state index contributed by atoms with van der Waals surface area (Å²) in [6.45, 7) is 10.3. The number of alkyl halides is 1. The minimum Gasteiger partial charge on any atom is -0.304 e. The second-order valence-electron chi connectivity index (χ2n) is 4.23. The van der Waals surface area contributed by atoms with Crippen molar-refractivity contribution in [2.24, 2.45) is 0 Å². The van der Waals surface area contributed by atoms with Crippen molar-refractivity contribution in [1.82, 2.24) is 9.21 Å². The fraction of sp³-hybridized carbons (Fsp3) is 1.00. The van der Waals surface area contributed by atoms with Crippen molar-refractivity contribution < 1.29 is 8.42 Å². The summed E-state index contributed by atoms with van der Waals surface area (Å²) in [4.78, 5) is 2.30. The van der Waals surface area contributed by atoms with Gasteiger partial charge < -0.3 is 4.90 Å². The maximum absolute atomic E-state index is 12.0. The van der Waals surface area contributed by atoms with Crippen LogP contribution in [0.25, 0.3) is 0 Å². The highest BCUT2D eigenvalue weighted by Crippen LogP contribution is 2.05. The molecule has 0 bridgehead atoms. The van der Waals surface area contributed by atoms with E-state index >= 15 is 0 Å². The average Bonchev–Trinajstić information content (AvgIpc) is 2.36. The zero-order chi connectivity index (χ0) is 14.0. The van der Waals surface area contributed by atoms with E-state index in [1.54, 1.807) is 4.31 Å². The van der Waals surface area contributed by atoms with Crippen molar-refractivity contribution in [3.05, 3.63) is 0 Å². The Balaban J connectivity index is 4.18. The summed E-state index contributed by atoms with van der Waals surface area (Å²) in [7, 11) is -3.12. The summed E-state index contributed by atoms with van der Waals surface area (Å²) in [5.41, 5.74) is 0. The molecular formula is C12H27ClN2O2S. The molecule has 0 aromatic rings. The van der Waals surface area contributed by atoms with Crippen molar-refractivity contribution in [3.63, 3.8) is 0 Å². The first-order chi connectivity index (χ1) is 8.51. The van der Waals surface area contributed by atoms with Crippen molar-refractivity contribution in [1.29, 1.82) is 0 Å². The van der Waals surface area contributed by atoms with Crippen LogP contribution in [0, 0.1) is 0 Å². The summed E-state index contributed by atoms with van der Waals surface area (Å²) in [6, 6.07) is 0. The lowest BCUT2D eigenvalue weighted by molar-refractivity contribution is 0.285. The fourth-order valence-electron chi connectivity index (χ4n) is 1.87. The highest BCUT2D eigenvalue weighted by molar-refractivity contribution is 7.89. The number of sulfonamides is 1. The van der Waals surface area contributed by atoms with E-state index in [4.69, 9.17) is 11.6 Å². The summed E-state index contributed by atoms with van der Waals surface area (Å²) in [5.74, 6) is 0.561. The molecule has 0 fully saturated rings. The number of hydrogen-bond acceptors (Lipinski definition) is 3. The van der Waals surface area contributed by atoms with E-state index in [-0.39, 0.29) is 5.75 Å². The van der Waals surface area contributed by atoms with E-state index in [9.17, 15) is 8.42 Å². The molecule has 0 amide bonds. The highest BCUT2D eigenvalue weighted by Gasteiger charge is 2.19. The van der Waals surface area contributed by atoms with E-state index in [0.717, 1.165) is 26.1 Å². The van der Waals surface area contributed by atoms with Crippen LogP contribution in [0.4, 0.5) is 0 Å². The van der Waals surface area contributed by atoms with Gasteiger partial charge in [-0.15, -0.1) is 11.6 Å². The number of hydrogen-bond donors (Lipinski definition) is 0. The third kappa shape index (κ3) is 6.92. The predicted octanol–water partition coefficient (Wildman–Crippen LogP) is 2.00. The quantitative estimate of drug-likeness (QED) is 0.548. The zero-order valence-electron chi connectivity index (χ0n) is 11.9. The average molecular weight is 299 g/mol. The van der Waals surface area contributed by atoms with E-state index in [1.807, 2.05) is 6.92 Å². The Morgan fingerprint density at radius 2 is 1.56 bits per heavy atom. The van der Waals surface area contributed by atoms with Crippen molar-refractivity contribution in [2.75, 3.05) is 44.4 Å². The zero-order valence-corrected chi connectivity index (χ0v) is 13.4. The standard InChI is InChI=1S/C12H27ClN2O2S/c1-4-14(5-2)10-8-11-15(6-3)18(16,17)12-7-9-13/h4-12H2,1-3H3. The molecule has 0 saturated carbocycles. The van der Waals surface area contributed by atoms with Crippen LogP contribution in [0.1, 0.15) is 33.6 Å². The molecule has 0 heterocycles. The lowest BCUT2D eigenvalue weighted by atomic mass is 10.3. The van der Waals surface area contributed by atoms with Crippen molar-refractivity contribution in [3.8, 4) is 0 Å². The summed E-state index contributed by atoms with van der Waals surface area (Å²) in [6.07, 6.45) is 1.41. The largest absolute Gasteiger partial charge is 0.304 e. The van der Waals surface area contributed by atoms with Gasteiger partial charge >= 0.3 is 0 Å². The van der Waals surface area contributed by atoms with Gasteiger partial charge in [0.15, 0.2) is 0 Å². The lowest BCUT2D eigenvalue weighted by Crippen LogP contribution is -2.35. The second kappa shape index (κ2) is 10.0. The van der Waals surface area contributed by atoms with Crippen LogP contribution in [0.2, 0.25) is 0 Å². The third-order valence-corrected chi connectivity index (χ3v) is 5.36. The lowest BCUT2D eigenvalue weighted by Gasteiger charge is -2.23. The highest BCUT2D eigenvalue weighted by atomic mass is 35.5. The second-order valence-corrected chi connectivity index (χ2v) is 6.70. The third-order valence-electron chi connectivity index (χ3n) is 3.06. The molecule has 110 valence electrons. The predicted molar refractivity (Wildman–Crippen MR) is 78.8 cm³/mol. The van der Waals surface area contributed by atoms with Gasteiger partial charge in [-0.1, -0.05) is 20.8 Å². The van der Waals surface area contributed by atoms with Gasteiger partial charge in [0.05, 0.1) is 5.75 Å². The molecule has 18 heavy (non-hydrogen) atoms. The molecule has 0 atom stereocenters. The molecule has 0 saturated heterocycles. The molecule has 0 N–H and O–H groups in total. The summed E-state index contributed by atoms with van der Waals surface area (Å²) < 4.78 is 25.6. The van der Waals surface area contributed by atoms with Gasteiger partial charge in [-0.2, -0.15) is 0 Å². The molecule has 0 aliphatic rings. The molecule has 0 rings (SSSR count). The first-order valence-electron chi connectivity index (χ1n) is 6.77. The molecule has 4 nitrogen and oxygen atoms in total. The maximum Gasteiger partial charge on any atom is 0.214 e. The summed E-state index contributed by atoms with van der Waals surface area (Å²) in [5, 5.41) is 0. The van der Waals surface area contributed by atoms with Gasteiger partial charge in [-0.25, -0.2) is 12.7 Å². The Hall–Kier alpha value is 0.160. The molecule has 6 heteroatoms. The van der Waals surface area contributed by atoms with E-state index < -0.39 is 10.0 Å². The molecular weight excluding hydrogens is 272 g/mol. The van der Waals surface area contributed by atoms with Gasteiger partial charge in [-0.3, -0.25) is 0 Å². The molecule has 0 aromatic heterocycles. The van der Waals surface area contributed by atoms with Crippen LogP contribution in [0.15, 0.2) is 0 Å². The van der Waals surface area contributed by atoms with Crippen LogP contribution >= 0.6 is 11.6 Å². The van der Waals surface area contributed by atoms with Gasteiger partial charge in [0, 0.05) is 19.0 Å². The van der Waals surface area contributed by atoms with E-state index in [0.29, 0.717) is 25.4 Å². The first kappa shape index (κ1) is 18.2. The van der Waals surface area contributed by atoms with Gasteiger partial charge in [-0.05, 0) is 32.5 Å². The molecule has 0 aliphatic heterocycles. The molecule has 0 aliphatic carbocycles. The molecule has 0 radical (unpaired) electrons. The Morgan fingerprint density at radius 1 is 0.944 bits per heavy atom. The van der Waals surface area contributed by atoms with Crippen LogP contribution < -0.4 is 0 Å². The Kier molecular flexibility index (Phi) is 10.1. The van der Waals surface area contributed by atoms with Crippen LogP contribution in [0.3, 0.4) is 0 Å². The number of nitrogens with zero attached hydrogens (tertiary/aromatic N) is 2.